The number of sulfonamides is 1. The molecular weight excluding hydrogens is 490 g/mol. The normalized spacial score (nSPS) is 11.5. The van der Waals surface area contributed by atoms with Crippen molar-refractivity contribution in [1.29, 1.82) is 0 Å². The number of anilines is 4. The lowest BCUT2D eigenvalue weighted by Crippen LogP contribution is -2.18. The van der Waals surface area contributed by atoms with E-state index in [-0.39, 0.29) is 22.5 Å². The van der Waals surface area contributed by atoms with Gasteiger partial charge >= 0.3 is 0 Å². The van der Waals surface area contributed by atoms with E-state index in [0.29, 0.717) is 17.8 Å². The van der Waals surface area contributed by atoms with Gasteiger partial charge in [-0.3, -0.25) is 14.5 Å². The zero-order chi connectivity index (χ0) is 26.0. The first-order chi connectivity index (χ1) is 17.1. The van der Waals surface area contributed by atoms with Crippen LogP contribution >= 0.6 is 0 Å². The Kier molecular flexibility index (Phi) is 6.88. The van der Waals surface area contributed by atoms with Crippen molar-refractivity contribution in [2.24, 2.45) is 0 Å². The molecule has 9 nitrogen and oxygen atoms in total. The number of nitrogens with one attached hydrogen (secondary N) is 4. The molecule has 0 saturated carbocycles. The molecule has 2 heterocycles. The third-order valence-corrected chi connectivity index (χ3v) is 6.92. The molecule has 2 aromatic heterocycles. The molecule has 0 aliphatic rings. The van der Waals surface area contributed by atoms with Gasteiger partial charge in [0.05, 0.1) is 28.8 Å². The lowest BCUT2D eigenvalue weighted by Gasteiger charge is -2.14. The molecule has 0 saturated heterocycles. The summed E-state index contributed by atoms with van der Waals surface area (Å²) in [4.78, 5) is 25.4. The van der Waals surface area contributed by atoms with Gasteiger partial charge in [-0.25, -0.2) is 22.2 Å². The fraction of sp³-hybridized carbons (Fsp3) is 0.208. The van der Waals surface area contributed by atoms with E-state index >= 15 is 4.39 Å². The lowest BCUT2D eigenvalue weighted by atomic mass is 10.0. The van der Waals surface area contributed by atoms with Gasteiger partial charge in [-0.1, -0.05) is 18.0 Å². The number of ketones is 1. The van der Waals surface area contributed by atoms with Crippen molar-refractivity contribution in [2.45, 2.75) is 13.3 Å². The first-order valence-corrected chi connectivity index (χ1v) is 12.7. The highest BCUT2D eigenvalue weighted by molar-refractivity contribution is 7.92. The van der Waals surface area contributed by atoms with Gasteiger partial charge < -0.3 is 10.2 Å². The molecule has 36 heavy (non-hydrogen) atoms. The summed E-state index contributed by atoms with van der Waals surface area (Å²) in [5.41, 5.74) is 0.585. The van der Waals surface area contributed by atoms with Crippen molar-refractivity contribution in [3.05, 3.63) is 71.7 Å². The summed E-state index contributed by atoms with van der Waals surface area (Å²) in [5, 5.41) is 3.44. The molecule has 2 aromatic carbocycles. The molecule has 4 N–H and O–H groups in total. The van der Waals surface area contributed by atoms with Crippen molar-refractivity contribution >= 4 is 49.7 Å². The Labute approximate surface area is 206 Å². The van der Waals surface area contributed by atoms with Gasteiger partial charge in [0.25, 0.3) is 0 Å². The highest BCUT2D eigenvalue weighted by atomic mass is 32.2. The molecule has 0 aliphatic heterocycles. The van der Waals surface area contributed by atoms with Crippen LogP contribution in [0, 0.1) is 11.6 Å². The van der Waals surface area contributed by atoms with Crippen molar-refractivity contribution < 1.29 is 27.0 Å². The van der Waals surface area contributed by atoms with E-state index in [9.17, 15) is 17.6 Å². The highest BCUT2D eigenvalue weighted by Crippen LogP contribution is 2.31. The van der Waals surface area contributed by atoms with Crippen LogP contribution in [0.5, 0.6) is 0 Å². The Bertz CT molecular complexity index is 1550. The third-order valence-electron chi connectivity index (χ3n) is 5.45. The van der Waals surface area contributed by atoms with Crippen LogP contribution in [0.4, 0.5) is 31.7 Å². The molecule has 4 aromatic rings. The van der Waals surface area contributed by atoms with Crippen LogP contribution in [0.25, 0.3) is 11.0 Å². The van der Waals surface area contributed by atoms with Gasteiger partial charge in [0.15, 0.2) is 5.82 Å². The standard InChI is InChI=1S/C24H24F2N6O3S/c1-4-10-36(34,35)31-18-9-8-17(25)20(21(18)26)22(33)16-12-27-23-19(16)24(29-13-28-23)30-14-6-5-7-15(11-14)32(2)3/h5-9,11-13,31H,4,10H2,1-3H3,(H2,27,28,29,30)/p+1. The van der Waals surface area contributed by atoms with Crippen LogP contribution in [0.2, 0.25) is 0 Å². The minimum atomic E-state index is -3.86. The maximum atomic E-state index is 15.3. The van der Waals surface area contributed by atoms with E-state index in [1.54, 1.807) is 6.92 Å². The minimum absolute atomic E-state index is 0.0491. The Hall–Kier alpha value is -4.06. The van der Waals surface area contributed by atoms with E-state index < -0.39 is 38.7 Å². The first-order valence-electron chi connectivity index (χ1n) is 11.1. The molecular formula is C24H25F2N6O3S+. The summed E-state index contributed by atoms with van der Waals surface area (Å²) in [6, 6.07) is 9.27. The van der Waals surface area contributed by atoms with Crippen LogP contribution < -0.4 is 19.9 Å². The second kappa shape index (κ2) is 9.90. The number of H-pyrrole nitrogens is 2. The monoisotopic (exact) mass is 515 g/mol. The zero-order valence-corrected chi connectivity index (χ0v) is 20.6. The average molecular weight is 516 g/mol. The van der Waals surface area contributed by atoms with Crippen LogP contribution in [-0.4, -0.2) is 44.0 Å². The van der Waals surface area contributed by atoms with Crippen LogP contribution in [0.3, 0.4) is 0 Å². The topological polar surface area (TPSA) is 121 Å². The number of carbonyl (C=O) groups excluding carboxylic acids is 1. The predicted octanol–water partition coefficient (Wildman–Crippen LogP) is 3.85. The number of benzene rings is 2. The van der Waals surface area contributed by atoms with E-state index in [1.807, 2.05) is 43.3 Å². The van der Waals surface area contributed by atoms with Gasteiger partial charge in [-0.05, 0) is 36.8 Å². The van der Waals surface area contributed by atoms with Gasteiger partial charge in [0.1, 0.15) is 11.2 Å². The smallest absolute Gasteiger partial charge is 0.236 e. The van der Waals surface area contributed by atoms with Crippen molar-refractivity contribution in [3.8, 4) is 0 Å². The molecule has 0 bridgehead atoms. The highest BCUT2D eigenvalue weighted by Gasteiger charge is 2.28. The molecule has 0 amide bonds. The van der Waals surface area contributed by atoms with Gasteiger partial charge in [0.2, 0.25) is 33.6 Å². The molecule has 0 spiro atoms. The molecule has 0 radical (unpaired) electrons. The minimum Gasteiger partial charge on any atom is -0.378 e. The van der Waals surface area contributed by atoms with Crippen molar-refractivity contribution in [2.75, 3.05) is 34.8 Å². The number of hydrogen-bond donors (Lipinski definition) is 3. The molecule has 0 unspecified atom stereocenters. The van der Waals surface area contributed by atoms with Gasteiger partial charge in [-0.2, -0.15) is 0 Å². The Morgan fingerprint density at radius 2 is 1.97 bits per heavy atom. The van der Waals surface area contributed by atoms with Crippen molar-refractivity contribution in [1.82, 2.24) is 9.97 Å². The lowest BCUT2D eigenvalue weighted by molar-refractivity contribution is -0.352. The Balaban J connectivity index is 1.77. The third kappa shape index (κ3) is 4.98. The van der Waals surface area contributed by atoms with Crippen LogP contribution in [0.1, 0.15) is 29.3 Å². The van der Waals surface area contributed by atoms with Crippen LogP contribution in [0.15, 0.2) is 48.9 Å². The quantitative estimate of drug-likeness (QED) is 0.291. The van der Waals surface area contributed by atoms with E-state index in [2.05, 4.69) is 25.0 Å². The van der Waals surface area contributed by atoms with E-state index in [0.717, 1.165) is 17.8 Å². The zero-order valence-electron chi connectivity index (χ0n) is 19.8. The molecule has 0 fully saturated rings. The summed E-state index contributed by atoms with van der Waals surface area (Å²) in [7, 11) is -0.0637. The summed E-state index contributed by atoms with van der Waals surface area (Å²) >= 11 is 0. The summed E-state index contributed by atoms with van der Waals surface area (Å²) < 4.78 is 56.3. The molecule has 0 aliphatic carbocycles. The number of halogens is 2. The molecule has 188 valence electrons. The Morgan fingerprint density at radius 3 is 2.69 bits per heavy atom. The fourth-order valence-electron chi connectivity index (χ4n) is 3.74. The van der Waals surface area contributed by atoms with E-state index in [1.165, 1.54) is 12.5 Å². The maximum absolute atomic E-state index is 15.3. The largest absolute Gasteiger partial charge is 0.378 e. The molecule has 12 heteroatoms. The first kappa shape index (κ1) is 25.0. The number of aromatic nitrogens is 3. The Morgan fingerprint density at radius 1 is 1.19 bits per heavy atom. The average Bonchev–Trinajstić information content (AvgIpc) is 3.26. The number of carbonyl (C=O) groups is 1. The number of aromatic amines is 2. The van der Waals surface area contributed by atoms with Crippen LogP contribution in [-0.2, 0) is 10.0 Å². The number of fused-ring (bicyclic) bond motifs is 1. The van der Waals surface area contributed by atoms with Gasteiger partial charge in [0, 0.05) is 25.5 Å². The van der Waals surface area contributed by atoms with Gasteiger partial charge in [-0.15, -0.1) is 0 Å². The second-order valence-corrected chi connectivity index (χ2v) is 10.1. The SMILES string of the molecule is CCCS(=O)(=O)Nc1ccc(F)c(C(=O)c2c[nH]c3[nH+]cnc(Nc4cccc(N(C)C)c4)c23)c1F. The molecule has 0 atom stereocenters. The number of rotatable bonds is 9. The summed E-state index contributed by atoms with van der Waals surface area (Å²) in [6.45, 7) is 1.65. The summed E-state index contributed by atoms with van der Waals surface area (Å²) in [5.74, 6) is -3.35. The van der Waals surface area contributed by atoms with E-state index in [4.69, 9.17) is 0 Å². The maximum Gasteiger partial charge on any atom is 0.236 e. The second-order valence-electron chi connectivity index (χ2n) is 8.31. The predicted molar refractivity (Wildman–Crippen MR) is 134 cm³/mol. The number of nitrogens with zero attached hydrogens (tertiary/aromatic N) is 2. The number of hydrogen-bond acceptors (Lipinski definition) is 6. The fourth-order valence-corrected chi connectivity index (χ4v) is 4.88. The summed E-state index contributed by atoms with van der Waals surface area (Å²) in [6.07, 6.45) is 3.03. The van der Waals surface area contributed by atoms with Crippen molar-refractivity contribution in [3.63, 3.8) is 0 Å². The molecule has 4 rings (SSSR count).